The molecule has 8 nitrogen and oxygen atoms in total. The number of aryl methyl sites for hydroxylation is 1. The summed E-state index contributed by atoms with van der Waals surface area (Å²) < 4.78 is 10.6. The van der Waals surface area contributed by atoms with Gasteiger partial charge in [-0.1, -0.05) is 30.3 Å². The third kappa shape index (κ3) is 5.72. The summed E-state index contributed by atoms with van der Waals surface area (Å²) in [5.41, 5.74) is 6.78. The third-order valence-electron chi connectivity index (χ3n) is 4.56. The van der Waals surface area contributed by atoms with Gasteiger partial charge >= 0.3 is 5.91 Å². The summed E-state index contributed by atoms with van der Waals surface area (Å²) in [7, 11) is 1.58. The van der Waals surface area contributed by atoms with E-state index < -0.39 is 11.8 Å². The molecule has 160 valence electrons. The zero-order valence-electron chi connectivity index (χ0n) is 17.2. The molecular formula is C23H23N3O5. The van der Waals surface area contributed by atoms with Crippen molar-refractivity contribution >= 4 is 34.8 Å². The van der Waals surface area contributed by atoms with Crippen LogP contribution in [-0.4, -0.2) is 31.4 Å². The van der Waals surface area contributed by atoms with Crippen molar-refractivity contribution in [3.05, 3.63) is 71.5 Å². The highest BCUT2D eigenvalue weighted by atomic mass is 16.5. The van der Waals surface area contributed by atoms with Crippen LogP contribution >= 0.6 is 0 Å². The molecule has 3 rings (SSSR count). The molecule has 0 aliphatic carbocycles. The van der Waals surface area contributed by atoms with Gasteiger partial charge in [0, 0.05) is 30.0 Å². The Kier molecular flexibility index (Phi) is 7.05. The van der Waals surface area contributed by atoms with Crippen LogP contribution in [0.5, 0.6) is 5.75 Å². The summed E-state index contributed by atoms with van der Waals surface area (Å²) >= 11 is 0. The second-order valence-corrected chi connectivity index (χ2v) is 6.70. The van der Waals surface area contributed by atoms with E-state index >= 15 is 0 Å². The lowest BCUT2D eigenvalue weighted by Crippen LogP contribution is -2.42. The van der Waals surface area contributed by atoms with E-state index in [-0.39, 0.29) is 24.6 Å². The van der Waals surface area contributed by atoms with Crippen molar-refractivity contribution < 1.29 is 23.5 Å². The molecule has 0 bridgehead atoms. The number of hydrazine groups is 1. The molecule has 0 spiro atoms. The summed E-state index contributed by atoms with van der Waals surface area (Å²) in [5.74, 6) is -0.450. The average Bonchev–Trinajstić information content (AvgIpc) is 3.13. The number of fused-ring (bicyclic) bond motifs is 1. The van der Waals surface area contributed by atoms with E-state index in [1.54, 1.807) is 38.3 Å². The van der Waals surface area contributed by atoms with E-state index in [0.717, 1.165) is 16.7 Å². The maximum atomic E-state index is 12.3. The zero-order valence-corrected chi connectivity index (χ0v) is 17.2. The Morgan fingerprint density at radius 3 is 2.48 bits per heavy atom. The molecule has 0 saturated carbocycles. The maximum Gasteiger partial charge on any atom is 0.305 e. The van der Waals surface area contributed by atoms with E-state index in [1.807, 2.05) is 30.3 Å². The molecule has 3 amide bonds. The molecule has 0 fully saturated rings. The Balaban J connectivity index is 1.40. The lowest BCUT2D eigenvalue weighted by atomic mass is 10.1. The van der Waals surface area contributed by atoms with Gasteiger partial charge in [-0.3, -0.25) is 25.2 Å². The van der Waals surface area contributed by atoms with Crippen LogP contribution in [0, 0.1) is 6.92 Å². The minimum Gasteiger partial charge on any atom is -0.497 e. The molecule has 1 aromatic heterocycles. The molecular weight excluding hydrogens is 398 g/mol. The fourth-order valence-corrected chi connectivity index (χ4v) is 2.88. The van der Waals surface area contributed by atoms with E-state index in [2.05, 4.69) is 16.2 Å². The molecule has 0 aliphatic rings. The number of furan rings is 1. The Hall–Kier alpha value is -4.07. The number of methoxy groups -OCH3 is 1. The van der Waals surface area contributed by atoms with Gasteiger partial charge in [-0.2, -0.15) is 0 Å². The van der Waals surface area contributed by atoms with Crippen LogP contribution in [0.4, 0.5) is 0 Å². The number of amides is 3. The van der Waals surface area contributed by atoms with E-state index in [1.165, 1.54) is 6.08 Å². The first kappa shape index (κ1) is 21.6. The van der Waals surface area contributed by atoms with Crippen molar-refractivity contribution in [1.82, 2.24) is 16.2 Å². The molecule has 3 aromatic rings. The van der Waals surface area contributed by atoms with E-state index in [0.29, 0.717) is 11.1 Å². The largest absolute Gasteiger partial charge is 0.497 e. The number of nitrogens with one attached hydrogen (secondary N) is 3. The van der Waals surface area contributed by atoms with Crippen LogP contribution in [0.25, 0.3) is 17.0 Å². The molecule has 2 aromatic carbocycles. The van der Waals surface area contributed by atoms with Gasteiger partial charge in [-0.25, -0.2) is 0 Å². The number of ether oxygens (including phenoxy) is 1. The van der Waals surface area contributed by atoms with Crippen LogP contribution in [0.3, 0.4) is 0 Å². The molecule has 3 N–H and O–H groups in total. The van der Waals surface area contributed by atoms with Crippen molar-refractivity contribution in [2.75, 3.05) is 13.7 Å². The monoisotopic (exact) mass is 421 g/mol. The van der Waals surface area contributed by atoms with Crippen molar-refractivity contribution in [1.29, 1.82) is 0 Å². The number of carbonyl (C=O) groups excluding carboxylic acids is 3. The van der Waals surface area contributed by atoms with Gasteiger partial charge in [0.2, 0.25) is 11.8 Å². The molecule has 0 unspecified atom stereocenters. The van der Waals surface area contributed by atoms with Gasteiger partial charge in [0.05, 0.1) is 7.11 Å². The van der Waals surface area contributed by atoms with Gasteiger partial charge in [0.15, 0.2) is 5.76 Å². The average molecular weight is 421 g/mol. The second-order valence-electron chi connectivity index (χ2n) is 6.70. The third-order valence-corrected chi connectivity index (χ3v) is 4.56. The first-order valence-electron chi connectivity index (χ1n) is 9.65. The van der Waals surface area contributed by atoms with Gasteiger partial charge in [-0.15, -0.1) is 0 Å². The predicted molar refractivity (Wildman–Crippen MR) is 116 cm³/mol. The summed E-state index contributed by atoms with van der Waals surface area (Å²) in [5, 5.41) is 3.45. The Labute approximate surface area is 179 Å². The van der Waals surface area contributed by atoms with Crippen molar-refractivity contribution in [3.8, 4) is 5.75 Å². The van der Waals surface area contributed by atoms with Crippen LogP contribution in [0.15, 0.2) is 59.0 Å². The van der Waals surface area contributed by atoms with Gasteiger partial charge in [0.1, 0.15) is 11.3 Å². The predicted octanol–water partition coefficient (Wildman–Crippen LogP) is 2.73. The van der Waals surface area contributed by atoms with Crippen LogP contribution in [0.1, 0.15) is 28.1 Å². The van der Waals surface area contributed by atoms with Gasteiger partial charge in [0.25, 0.3) is 0 Å². The van der Waals surface area contributed by atoms with Gasteiger partial charge in [-0.05, 0) is 36.8 Å². The number of carbonyl (C=O) groups is 3. The Bertz CT molecular complexity index is 1120. The van der Waals surface area contributed by atoms with Crippen LogP contribution in [-0.2, 0) is 9.59 Å². The minimum absolute atomic E-state index is 0.00150. The highest BCUT2D eigenvalue weighted by molar-refractivity contribution is 5.99. The number of rotatable bonds is 7. The molecule has 31 heavy (non-hydrogen) atoms. The van der Waals surface area contributed by atoms with Crippen LogP contribution < -0.4 is 20.9 Å². The first-order chi connectivity index (χ1) is 15.0. The number of hydrogen-bond donors (Lipinski definition) is 3. The van der Waals surface area contributed by atoms with Gasteiger partial charge < -0.3 is 14.5 Å². The maximum absolute atomic E-state index is 12.3. The zero-order chi connectivity index (χ0) is 22.2. The summed E-state index contributed by atoms with van der Waals surface area (Å²) in [4.78, 5) is 36.1. The summed E-state index contributed by atoms with van der Waals surface area (Å²) in [6.07, 6.45) is 3.04. The number of para-hydroxylation sites is 1. The molecule has 0 atom stereocenters. The second kappa shape index (κ2) is 10.1. The smallest absolute Gasteiger partial charge is 0.305 e. The van der Waals surface area contributed by atoms with E-state index in [4.69, 9.17) is 9.15 Å². The Morgan fingerprint density at radius 1 is 1.03 bits per heavy atom. The quantitative estimate of drug-likeness (QED) is 0.401. The topological polar surface area (TPSA) is 110 Å². The van der Waals surface area contributed by atoms with Crippen molar-refractivity contribution in [2.45, 2.75) is 13.3 Å². The Morgan fingerprint density at radius 2 is 1.77 bits per heavy atom. The molecule has 0 radical (unpaired) electrons. The highest BCUT2D eigenvalue weighted by Crippen LogP contribution is 2.24. The van der Waals surface area contributed by atoms with E-state index in [9.17, 15) is 14.4 Å². The lowest BCUT2D eigenvalue weighted by molar-refractivity contribution is -0.122. The standard InChI is InChI=1S/C23H23N3O5/c1-15-18-5-3-4-6-19(18)31-22(15)23(29)26-25-21(28)13-14-24-20(27)12-9-16-7-10-17(30-2)11-8-16/h3-12H,13-14H2,1-2H3,(H,24,27)(H,25,28)(H,26,29)/b12-9+. The normalized spacial score (nSPS) is 10.8. The minimum atomic E-state index is -0.548. The first-order valence-corrected chi connectivity index (χ1v) is 9.65. The highest BCUT2D eigenvalue weighted by Gasteiger charge is 2.17. The lowest BCUT2D eigenvalue weighted by Gasteiger charge is -2.07. The fourth-order valence-electron chi connectivity index (χ4n) is 2.88. The summed E-state index contributed by atoms with van der Waals surface area (Å²) in [6, 6.07) is 14.5. The van der Waals surface area contributed by atoms with Crippen molar-refractivity contribution in [2.24, 2.45) is 0 Å². The number of hydrogen-bond acceptors (Lipinski definition) is 5. The molecule has 8 heteroatoms. The molecule has 0 saturated heterocycles. The summed E-state index contributed by atoms with van der Waals surface area (Å²) in [6.45, 7) is 1.90. The van der Waals surface area contributed by atoms with Crippen molar-refractivity contribution in [3.63, 3.8) is 0 Å². The van der Waals surface area contributed by atoms with Crippen LogP contribution in [0.2, 0.25) is 0 Å². The number of benzene rings is 2. The SMILES string of the molecule is COc1ccc(/C=C/C(=O)NCCC(=O)NNC(=O)c2oc3ccccc3c2C)cc1. The fraction of sp³-hybridized carbons (Fsp3) is 0.174. The molecule has 0 aliphatic heterocycles. The molecule has 1 heterocycles.